The number of aryl methyl sites for hydroxylation is 1. The first kappa shape index (κ1) is 18.9. The molecule has 0 aliphatic carbocycles. The third kappa shape index (κ3) is 5.31. The van der Waals surface area contributed by atoms with E-state index in [0.29, 0.717) is 26.4 Å². The van der Waals surface area contributed by atoms with Crippen LogP contribution in [0.1, 0.15) is 22.5 Å². The van der Waals surface area contributed by atoms with Crippen molar-refractivity contribution in [3.63, 3.8) is 0 Å². The van der Waals surface area contributed by atoms with Crippen LogP contribution in [0.5, 0.6) is 0 Å². The lowest BCUT2D eigenvalue weighted by atomic mass is 10.2. The van der Waals surface area contributed by atoms with Gasteiger partial charge in [-0.2, -0.15) is 5.10 Å². The van der Waals surface area contributed by atoms with Gasteiger partial charge in [0.05, 0.1) is 32.1 Å². The maximum Gasteiger partial charge on any atom is 0.0700 e. The van der Waals surface area contributed by atoms with Crippen LogP contribution in [0, 0.1) is 13.8 Å². The number of hydrogen-bond acceptors (Lipinski definition) is 4. The molecule has 0 radical (unpaired) electrons. The molecular weight excluding hydrogens is 326 g/mol. The van der Waals surface area contributed by atoms with E-state index in [0.717, 1.165) is 29.4 Å². The Bertz CT molecular complexity index is 643. The molecule has 0 bridgehead atoms. The lowest BCUT2D eigenvalue weighted by molar-refractivity contribution is 0.0719. The van der Waals surface area contributed by atoms with E-state index in [-0.39, 0.29) is 0 Å². The van der Waals surface area contributed by atoms with Crippen LogP contribution in [-0.2, 0) is 22.6 Å². The zero-order valence-electron chi connectivity index (χ0n) is 14.6. The molecule has 1 aromatic carbocycles. The van der Waals surface area contributed by atoms with Crippen molar-refractivity contribution in [1.29, 1.82) is 0 Å². The second-order valence-corrected chi connectivity index (χ2v) is 6.09. The SMILES string of the molecule is COCCOCCNCc1c(C)nn(Cc2ccccc2Cl)c1C. The summed E-state index contributed by atoms with van der Waals surface area (Å²) < 4.78 is 12.4. The number of ether oxygens (including phenoxy) is 2. The van der Waals surface area contributed by atoms with Crippen LogP contribution in [-0.4, -0.2) is 43.3 Å². The van der Waals surface area contributed by atoms with Gasteiger partial charge in [0.2, 0.25) is 0 Å². The fraction of sp³-hybridized carbons (Fsp3) is 0.500. The minimum absolute atomic E-state index is 0.631. The van der Waals surface area contributed by atoms with Crippen LogP contribution >= 0.6 is 11.6 Å². The van der Waals surface area contributed by atoms with Gasteiger partial charge in [-0.05, 0) is 25.5 Å². The van der Waals surface area contributed by atoms with E-state index in [4.69, 9.17) is 21.1 Å². The summed E-state index contributed by atoms with van der Waals surface area (Å²) >= 11 is 6.25. The number of benzene rings is 1. The molecule has 0 aliphatic rings. The zero-order valence-corrected chi connectivity index (χ0v) is 15.4. The summed E-state index contributed by atoms with van der Waals surface area (Å²) in [6.07, 6.45) is 0. The van der Waals surface area contributed by atoms with Crippen LogP contribution in [0.2, 0.25) is 5.02 Å². The average Bonchev–Trinajstić information content (AvgIpc) is 2.83. The highest BCUT2D eigenvalue weighted by atomic mass is 35.5. The predicted octanol–water partition coefficient (Wildman–Crippen LogP) is 2.95. The van der Waals surface area contributed by atoms with Crippen molar-refractivity contribution in [2.75, 3.05) is 33.5 Å². The molecule has 24 heavy (non-hydrogen) atoms. The van der Waals surface area contributed by atoms with Crippen LogP contribution in [0.15, 0.2) is 24.3 Å². The normalized spacial score (nSPS) is 11.2. The van der Waals surface area contributed by atoms with E-state index in [1.165, 1.54) is 11.3 Å². The molecule has 0 saturated heterocycles. The van der Waals surface area contributed by atoms with Gasteiger partial charge >= 0.3 is 0 Å². The van der Waals surface area contributed by atoms with Crippen LogP contribution < -0.4 is 5.32 Å². The van der Waals surface area contributed by atoms with Crippen molar-refractivity contribution in [3.8, 4) is 0 Å². The Balaban J connectivity index is 1.88. The number of hydrogen-bond donors (Lipinski definition) is 1. The number of nitrogens with one attached hydrogen (secondary N) is 1. The highest BCUT2D eigenvalue weighted by Gasteiger charge is 2.12. The van der Waals surface area contributed by atoms with Crippen molar-refractivity contribution in [2.24, 2.45) is 0 Å². The Labute approximate surface area is 148 Å². The Morgan fingerprint density at radius 2 is 1.96 bits per heavy atom. The van der Waals surface area contributed by atoms with Gasteiger partial charge in [0.15, 0.2) is 0 Å². The second kappa shape index (κ2) is 9.79. The maximum atomic E-state index is 6.25. The van der Waals surface area contributed by atoms with E-state index < -0.39 is 0 Å². The van der Waals surface area contributed by atoms with Gasteiger partial charge in [0.25, 0.3) is 0 Å². The van der Waals surface area contributed by atoms with Gasteiger partial charge in [-0.25, -0.2) is 0 Å². The minimum Gasteiger partial charge on any atom is -0.382 e. The molecule has 1 N–H and O–H groups in total. The third-order valence-corrected chi connectivity index (χ3v) is 4.33. The van der Waals surface area contributed by atoms with Crippen molar-refractivity contribution >= 4 is 11.6 Å². The van der Waals surface area contributed by atoms with Crippen molar-refractivity contribution in [3.05, 3.63) is 51.8 Å². The van der Waals surface area contributed by atoms with E-state index in [1.54, 1.807) is 7.11 Å². The second-order valence-electron chi connectivity index (χ2n) is 5.68. The van der Waals surface area contributed by atoms with Crippen molar-refractivity contribution < 1.29 is 9.47 Å². The van der Waals surface area contributed by atoms with Crippen LogP contribution in [0.25, 0.3) is 0 Å². The molecule has 0 amide bonds. The molecule has 1 heterocycles. The molecule has 1 aromatic heterocycles. The van der Waals surface area contributed by atoms with Gasteiger partial charge in [0, 0.05) is 36.5 Å². The number of aromatic nitrogens is 2. The molecule has 0 aliphatic heterocycles. The zero-order chi connectivity index (χ0) is 17.4. The van der Waals surface area contributed by atoms with E-state index >= 15 is 0 Å². The minimum atomic E-state index is 0.631. The molecule has 2 aromatic rings. The van der Waals surface area contributed by atoms with E-state index in [9.17, 15) is 0 Å². The molecule has 132 valence electrons. The molecule has 0 spiro atoms. The molecule has 6 heteroatoms. The third-order valence-electron chi connectivity index (χ3n) is 3.97. The highest BCUT2D eigenvalue weighted by molar-refractivity contribution is 6.31. The maximum absolute atomic E-state index is 6.25. The lowest BCUT2D eigenvalue weighted by Gasteiger charge is -2.08. The fourth-order valence-corrected chi connectivity index (χ4v) is 2.73. The van der Waals surface area contributed by atoms with Gasteiger partial charge in [-0.1, -0.05) is 29.8 Å². The van der Waals surface area contributed by atoms with Crippen LogP contribution in [0.3, 0.4) is 0 Å². The molecule has 0 atom stereocenters. The summed E-state index contributed by atoms with van der Waals surface area (Å²) in [5.41, 5.74) is 4.53. The summed E-state index contributed by atoms with van der Waals surface area (Å²) in [4.78, 5) is 0. The molecule has 0 fully saturated rings. The summed E-state index contributed by atoms with van der Waals surface area (Å²) in [5.74, 6) is 0. The Hall–Kier alpha value is -1.40. The first-order valence-electron chi connectivity index (χ1n) is 8.17. The van der Waals surface area contributed by atoms with E-state index in [2.05, 4.69) is 17.3 Å². The van der Waals surface area contributed by atoms with Crippen molar-refractivity contribution in [2.45, 2.75) is 26.9 Å². The monoisotopic (exact) mass is 351 g/mol. The quantitative estimate of drug-likeness (QED) is 0.668. The molecule has 0 unspecified atom stereocenters. The van der Waals surface area contributed by atoms with Gasteiger partial charge in [0.1, 0.15) is 0 Å². The summed E-state index contributed by atoms with van der Waals surface area (Å²) in [6, 6.07) is 7.89. The fourth-order valence-electron chi connectivity index (χ4n) is 2.53. The standard InChI is InChI=1S/C18H26ClN3O2/c1-14-17(12-20-8-9-24-11-10-23-3)15(2)22(21-14)13-16-6-4-5-7-18(16)19/h4-7,20H,8-13H2,1-3H3. The molecule has 0 saturated carbocycles. The first-order valence-corrected chi connectivity index (χ1v) is 8.55. The smallest absolute Gasteiger partial charge is 0.0700 e. The number of halogens is 1. The van der Waals surface area contributed by atoms with E-state index in [1.807, 2.05) is 35.9 Å². The largest absolute Gasteiger partial charge is 0.382 e. The summed E-state index contributed by atoms with van der Waals surface area (Å²) in [5, 5.41) is 8.84. The van der Waals surface area contributed by atoms with Gasteiger partial charge in [-0.3, -0.25) is 4.68 Å². The number of nitrogens with zero attached hydrogens (tertiary/aromatic N) is 2. The molecular formula is C18H26ClN3O2. The average molecular weight is 352 g/mol. The Morgan fingerprint density at radius 1 is 1.17 bits per heavy atom. The molecule has 2 rings (SSSR count). The topological polar surface area (TPSA) is 48.3 Å². The van der Waals surface area contributed by atoms with Gasteiger partial charge in [-0.15, -0.1) is 0 Å². The van der Waals surface area contributed by atoms with Crippen LogP contribution in [0.4, 0.5) is 0 Å². The van der Waals surface area contributed by atoms with Crippen molar-refractivity contribution in [1.82, 2.24) is 15.1 Å². The highest BCUT2D eigenvalue weighted by Crippen LogP contribution is 2.19. The predicted molar refractivity (Wildman–Crippen MR) is 96.7 cm³/mol. The van der Waals surface area contributed by atoms with Gasteiger partial charge < -0.3 is 14.8 Å². The Morgan fingerprint density at radius 3 is 2.71 bits per heavy atom. The first-order chi connectivity index (χ1) is 11.6. The molecule has 5 nitrogen and oxygen atoms in total. The number of methoxy groups -OCH3 is 1. The number of rotatable bonds is 10. The lowest BCUT2D eigenvalue weighted by Crippen LogP contribution is -2.20. The summed E-state index contributed by atoms with van der Waals surface area (Å²) in [6.45, 7) is 8.36. The Kier molecular flexibility index (Phi) is 7.72. The summed E-state index contributed by atoms with van der Waals surface area (Å²) in [7, 11) is 1.67.